The van der Waals surface area contributed by atoms with Crippen molar-refractivity contribution >= 4 is 41.3 Å². The van der Waals surface area contributed by atoms with Crippen LogP contribution in [-0.4, -0.2) is 49.6 Å². The number of halogens is 1. The van der Waals surface area contributed by atoms with Gasteiger partial charge in [-0.3, -0.25) is 4.99 Å². The van der Waals surface area contributed by atoms with Crippen LogP contribution in [0.3, 0.4) is 0 Å². The van der Waals surface area contributed by atoms with Gasteiger partial charge in [-0.05, 0) is 49.5 Å². The fourth-order valence-corrected chi connectivity index (χ4v) is 5.23. The number of guanidine groups is 1. The number of hydrogen-bond donors (Lipinski definition) is 2. The zero-order chi connectivity index (χ0) is 18.2. The van der Waals surface area contributed by atoms with E-state index in [1.165, 1.54) is 62.9 Å². The molecule has 0 spiro atoms. The fraction of sp³-hybridized carbons (Fsp3) is 0.762. The molecule has 6 heteroatoms. The van der Waals surface area contributed by atoms with E-state index in [1.54, 1.807) is 0 Å². The molecule has 2 heterocycles. The third-order valence-corrected chi connectivity index (χ3v) is 6.83. The second-order valence-corrected chi connectivity index (χ2v) is 9.12. The molecule has 3 rings (SSSR count). The first-order valence-electron chi connectivity index (χ1n) is 10.5. The van der Waals surface area contributed by atoms with E-state index >= 15 is 0 Å². The maximum absolute atomic E-state index is 4.44. The minimum atomic E-state index is 0. The van der Waals surface area contributed by atoms with Gasteiger partial charge in [-0.25, -0.2) is 0 Å². The highest BCUT2D eigenvalue weighted by molar-refractivity contribution is 14.0. The molecular weight excluding hydrogens is 467 g/mol. The summed E-state index contributed by atoms with van der Waals surface area (Å²) in [6.45, 7) is 5.77. The van der Waals surface area contributed by atoms with Gasteiger partial charge in [0.15, 0.2) is 5.96 Å². The third-order valence-electron chi connectivity index (χ3n) is 5.93. The second kappa shape index (κ2) is 12.3. The Hall–Kier alpha value is -0.340. The summed E-state index contributed by atoms with van der Waals surface area (Å²) in [4.78, 5) is 8.66. The van der Waals surface area contributed by atoms with E-state index in [4.69, 9.17) is 0 Å². The molecule has 1 saturated heterocycles. The van der Waals surface area contributed by atoms with Gasteiger partial charge in [0.05, 0.1) is 0 Å². The number of likely N-dealkylation sites (tertiary alicyclic amines) is 1. The van der Waals surface area contributed by atoms with Crippen molar-refractivity contribution in [1.29, 1.82) is 0 Å². The summed E-state index contributed by atoms with van der Waals surface area (Å²) in [6, 6.07) is 5.79. The van der Waals surface area contributed by atoms with Crippen molar-refractivity contribution in [2.45, 2.75) is 70.4 Å². The number of hydrogen-bond acceptors (Lipinski definition) is 3. The van der Waals surface area contributed by atoms with Crippen molar-refractivity contribution in [1.82, 2.24) is 15.5 Å². The van der Waals surface area contributed by atoms with E-state index in [2.05, 4.69) is 45.0 Å². The molecule has 0 aromatic carbocycles. The van der Waals surface area contributed by atoms with Crippen LogP contribution in [0.2, 0.25) is 0 Å². The van der Waals surface area contributed by atoms with Gasteiger partial charge in [-0.2, -0.15) is 0 Å². The van der Waals surface area contributed by atoms with Gasteiger partial charge in [-0.1, -0.05) is 32.3 Å². The first-order valence-corrected chi connectivity index (χ1v) is 11.4. The smallest absolute Gasteiger partial charge is 0.191 e. The Morgan fingerprint density at radius 3 is 2.59 bits per heavy atom. The van der Waals surface area contributed by atoms with E-state index in [-0.39, 0.29) is 24.0 Å². The molecule has 27 heavy (non-hydrogen) atoms. The van der Waals surface area contributed by atoms with Crippen molar-refractivity contribution in [2.24, 2.45) is 10.9 Å². The zero-order valence-electron chi connectivity index (χ0n) is 17.0. The molecule has 2 N–H and O–H groups in total. The average molecular weight is 505 g/mol. The van der Waals surface area contributed by atoms with Gasteiger partial charge in [0.2, 0.25) is 0 Å². The monoisotopic (exact) mass is 504 g/mol. The van der Waals surface area contributed by atoms with Crippen LogP contribution >= 0.6 is 35.3 Å². The van der Waals surface area contributed by atoms with Crippen LogP contribution < -0.4 is 10.6 Å². The van der Waals surface area contributed by atoms with Gasteiger partial charge in [0.25, 0.3) is 0 Å². The zero-order valence-corrected chi connectivity index (χ0v) is 20.1. The van der Waals surface area contributed by atoms with Crippen LogP contribution in [0.15, 0.2) is 22.5 Å². The quantitative estimate of drug-likeness (QED) is 0.340. The lowest BCUT2D eigenvalue weighted by atomic mass is 9.92. The largest absolute Gasteiger partial charge is 0.356 e. The maximum Gasteiger partial charge on any atom is 0.191 e. The van der Waals surface area contributed by atoms with Crippen LogP contribution in [-0.2, 0) is 6.42 Å². The summed E-state index contributed by atoms with van der Waals surface area (Å²) in [5, 5.41) is 9.35. The normalized spacial score (nSPS) is 21.5. The Morgan fingerprint density at radius 1 is 1.22 bits per heavy atom. The first kappa shape index (κ1) is 22.9. The molecule has 1 unspecified atom stereocenters. The second-order valence-electron chi connectivity index (χ2n) is 8.09. The number of nitrogens with zero attached hydrogens (tertiary/aromatic N) is 2. The van der Waals surface area contributed by atoms with Gasteiger partial charge >= 0.3 is 0 Å². The number of aliphatic imine (C=N–C) groups is 1. The summed E-state index contributed by atoms with van der Waals surface area (Å²) in [7, 11) is 1.89. The van der Waals surface area contributed by atoms with Crippen LogP contribution in [0, 0.1) is 5.92 Å². The molecule has 0 radical (unpaired) electrons. The minimum Gasteiger partial charge on any atom is -0.356 e. The maximum atomic E-state index is 4.44. The lowest BCUT2D eigenvalue weighted by molar-refractivity contribution is 0.119. The van der Waals surface area contributed by atoms with Crippen LogP contribution in [0.1, 0.15) is 56.7 Å². The highest BCUT2D eigenvalue weighted by atomic mass is 127. The van der Waals surface area contributed by atoms with Crippen molar-refractivity contribution in [3.63, 3.8) is 0 Å². The number of rotatable bonds is 6. The molecule has 1 aromatic heterocycles. The highest BCUT2D eigenvalue weighted by Gasteiger charge is 2.26. The van der Waals surface area contributed by atoms with Crippen molar-refractivity contribution in [3.8, 4) is 0 Å². The van der Waals surface area contributed by atoms with Crippen molar-refractivity contribution in [2.75, 3.05) is 26.7 Å². The molecule has 4 nitrogen and oxygen atoms in total. The highest BCUT2D eigenvalue weighted by Crippen LogP contribution is 2.25. The molecular formula is C21H37IN4S. The Balaban J connectivity index is 0.00000261. The van der Waals surface area contributed by atoms with Crippen molar-refractivity contribution < 1.29 is 0 Å². The topological polar surface area (TPSA) is 39.7 Å². The number of thiophene rings is 1. The molecule has 1 aromatic rings. The Morgan fingerprint density at radius 2 is 1.96 bits per heavy atom. The summed E-state index contributed by atoms with van der Waals surface area (Å²) in [5.74, 6) is 1.58. The fourth-order valence-electron chi connectivity index (χ4n) is 4.36. The molecule has 1 saturated carbocycles. The van der Waals surface area contributed by atoms with Gasteiger partial charge < -0.3 is 15.5 Å². The lowest BCUT2D eigenvalue weighted by Gasteiger charge is -2.39. The summed E-state index contributed by atoms with van der Waals surface area (Å²) >= 11 is 1.85. The predicted octanol–water partition coefficient (Wildman–Crippen LogP) is 4.51. The molecule has 2 fully saturated rings. The molecule has 1 aliphatic heterocycles. The summed E-state index contributed by atoms with van der Waals surface area (Å²) < 4.78 is 0. The summed E-state index contributed by atoms with van der Waals surface area (Å²) in [6.07, 6.45) is 10.8. The van der Waals surface area contributed by atoms with Crippen LogP contribution in [0.4, 0.5) is 0 Å². The van der Waals surface area contributed by atoms with E-state index in [9.17, 15) is 0 Å². The van der Waals surface area contributed by atoms with E-state index < -0.39 is 0 Å². The average Bonchev–Trinajstić information content (AvgIpc) is 3.19. The molecule has 2 aliphatic rings. The molecule has 1 atom stereocenters. The SMILES string of the molecule is CN=C(NCC(C)Cc1cccs1)NC1CCN(C2CCCCC2)CC1.I. The number of piperidine rings is 1. The summed E-state index contributed by atoms with van der Waals surface area (Å²) in [5.41, 5.74) is 0. The predicted molar refractivity (Wildman–Crippen MR) is 129 cm³/mol. The van der Waals surface area contributed by atoms with E-state index in [1.807, 2.05) is 18.4 Å². The van der Waals surface area contributed by atoms with E-state index in [0.717, 1.165) is 25.0 Å². The van der Waals surface area contributed by atoms with Gasteiger partial charge in [0, 0.05) is 43.6 Å². The number of nitrogens with one attached hydrogen (secondary N) is 2. The Labute approximate surface area is 186 Å². The van der Waals surface area contributed by atoms with Crippen molar-refractivity contribution in [3.05, 3.63) is 22.4 Å². The lowest BCUT2D eigenvalue weighted by Crippen LogP contribution is -2.51. The van der Waals surface area contributed by atoms with Crippen LogP contribution in [0.5, 0.6) is 0 Å². The van der Waals surface area contributed by atoms with Crippen LogP contribution in [0.25, 0.3) is 0 Å². The molecule has 0 bridgehead atoms. The third kappa shape index (κ3) is 7.54. The van der Waals surface area contributed by atoms with E-state index in [0.29, 0.717) is 12.0 Å². The first-order chi connectivity index (χ1) is 12.7. The standard InChI is InChI=1S/C21H36N4S.HI/c1-17(15-20-9-6-14-26-20)16-23-21(22-2)24-18-10-12-25(13-11-18)19-7-4-3-5-8-19;/h6,9,14,17-19H,3-5,7-8,10-13,15-16H2,1-2H3,(H2,22,23,24);1H. The molecule has 0 amide bonds. The Kier molecular flexibility index (Phi) is 10.4. The Bertz CT molecular complexity index is 534. The minimum absolute atomic E-state index is 0. The van der Waals surface area contributed by atoms with Gasteiger partial charge in [-0.15, -0.1) is 35.3 Å². The van der Waals surface area contributed by atoms with Gasteiger partial charge in [0.1, 0.15) is 0 Å². The molecule has 1 aliphatic carbocycles. The molecule has 154 valence electrons.